The number of hydrogen-bond donors (Lipinski definition) is 3. The van der Waals surface area contributed by atoms with Crippen molar-refractivity contribution in [2.45, 2.75) is 38.5 Å². The van der Waals surface area contributed by atoms with Gasteiger partial charge in [-0.1, -0.05) is 11.2 Å². The number of benzene rings is 1. The Morgan fingerprint density at radius 3 is 3.05 bits per heavy atom. The van der Waals surface area contributed by atoms with Crippen molar-refractivity contribution >= 4 is 5.84 Å². The third-order valence-corrected chi connectivity index (χ3v) is 3.80. The second-order valence-electron chi connectivity index (χ2n) is 5.24. The molecule has 0 saturated carbocycles. The van der Waals surface area contributed by atoms with E-state index < -0.39 is 0 Å². The van der Waals surface area contributed by atoms with E-state index in [-0.39, 0.29) is 11.9 Å². The van der Waals surface area contributed by atoms with E-state index >= 15 is 0 Å². The van der Waals surface area contributed by atoms with Crippen LogP contribution in [0.15, 0.2) is 23.4 Å². The summed E-state index contributed by atoms with van der Waals surface area (Å²) in [6.45, 7) is 3.67. The number of amidine groups is 1. The van der Waals surface area contributed by atoms with Gasteiger partial charge in [-0.3, -0.25) is 0 Å². The summed E-state index contributed by atoms with van der Waals surface area (Å²) >= 11 is 0. The van der Waals surface area contributed by atoms with Gasteiger partial charge in [0.2, 0.25) is 0 Å². The average molecular weight is 293 g/mol. The molecule has 0 aromatic heterocycles. The molecule has 2 atom stereocenters. The van der Waals surface area contributed by atoms with Gasteiger partial charge in [-0.15, -0.1) is 0 Å². The lowest BCUT2D eigenvalue weighted by Gasteiger charge is -2.20. The standard InChI is InChI=1S/C15H23N3O3/c1-10(13-4-3-7-21-13)17-9-11-5-6-14(20-2)12(8-11)15(16)18-19/h5-6,8,10,13,17,19H,3-4,7,9H2,1-2H3,(H2,16,18). The first kappa shape index (κ1) is 15.6. The molecular weight excluding hydrogens is 270 g/mol. The van der Waals surface area contributed by atoms with Crippen LogP contribution in [0, 0.1) is 0 Å². The molecule has 1 aromatic rings. The van der Waals surface area contributed by atoms with E-state index in [9.17, 15) is 0 Å². The summed E-state index contributed by atoms with van der Waals surface area (Å²) in [4.78, 5) is 0. The van der Waals surface area contributed by atoms with Crippen molar-refractivity contribution in [3.8, 4) is 5.75 Å². The summed E-state index contributed by atoms with van der Waals surface area (Å²) in [5, 5.41) is 15.3. The Balaban J connectivity index is 2.03. The monoisotopic (exact) mass is 293 g/mol. The second-order valence-corrected chi connectivity index (χ2v) is 5.24. The minimum Gasteiger partial charge on any atom is -0.496 e. The van der Waals surface area contributed by atoms with E-state index in [0.29, 0.717) is 23.9 Å². The Hall–Kier alpha value is -1.79. The molecule has 2 rings (SSSR count). The minimum atomic E-state index is 0.0425. The van der Waals surface area contributed by atoms with Crippen LogP contribution in [0.4, 0.5) is 0 Å². The van der Waals surface area contributed by atoms with Crippen LogP contribution >= 0.6 is 0 Å². The van der Waals surface area contributed by atoms with Crippen LogP contribution in [0.1, 0.15) is 30.9 Å². The molecule has 6 heteroatoms. The molecule has 0 bridgehead atoms. The van der Waals surface area contributed by atoms with Crippen LogP contribution in [-0.4, -0.2) is 36.9 Å². The third kappa shape index (κ3) is 3.86. The highest BCUT2D eigenvalue weighted by atomic mass is 16.5. The molecule has 1 heterocycles. The molecule has 1 saturated heterocycles. The lowest BCUT2D eigenvalue weighted by Crippen LogP contribution is -2.36. The van der Waals surface area contributed by atoms with E-state index in [0.717, 1.165) is 25.0 Å². The van der Waals surface area contributed by atoms with E-state index in [1.807, 2.05) is 18.2 Å². The van der Waals surface area contributed by atoms with Crippen molar-refractivity contribution in [1.29, 1.82) is 0 Å². The number of ether oxygens (including phenoxy) is 2. The number of oxime groups is 1. The molecule has 116 valence electrons. The maximum Gasteiger partial charge on any atom is 0.173 e. The number of hydrogen-bond acceptors (Lipinski definition) is 5. The van der Waals surface area contributed by atoms with E-state index in [1.165, 1.54) is 0 Å². The fourth-order valence-electron chi connectivity index (χ4n) is 2.53. The van der Waals surface area contributed by atoms with E-state index in [2.05, 4.69) is 17.4 Å². The number of nitrogens with zero attached hydrogens (tertiary/aromatic N) is 1. The molecule has 1 fully saturated rings. The molecule has 0 amide bonds. The maximum atomic E-state index is 8.84. The molecule has 0 radical (unpaired) electrons. The van der Waals surface area contributed by atoms with Crippen molar-refractivity contribution in [2.75, 3.05) is 13.7 Å². The number of nitrogens with two attached hydrogens (primary N) is 1. The Bertz CT molecular complexity index is 499. The largest absolute Gasteiger partial charge is 0.496 e. The molecule has 0 spiro atoms. The van der Waals surface area contributed by atoms with E-state index in [1.54, 1.807) is 7.11 Å². The topological polar surface area (TPSA) is 89.1 Å². The van der Waals surface area contributed by atoms with Crippen molar-refractivity contribution in [2.24, 2.45) is 10.9 Å². The fourth-order valence-corrected chi connectivity index (χ4v) is 2.53. The van der Waals surface area contributed by atoms with Gasteiger partial charge in [0.05, 0.1) is 18.8 Å². The smallest absolute Gasteiger partial charge is 0.173 e. The van der Waals surface area contributed by atoms with Gasteiger partial charge in [0.1, 0.15) is 5.75 Å². The molecule has 2 unspecified atom stereocenters. The highest BCUT2D eigenvalue weighted by Gasteiger charge is 2.21. The SMILES string of the molecule is COc1ccc(CNC(C)C2CCCO2)cc1C(N)=NO. The Morgan fingerprint density at radius 2 is 2.43 bits per heavy atom. The first-order valence-corrected chi connectivity index (χ1v) is 7.15. The molecule has 21 heavy (non-hydrogen) atoms. The zero-order chi connectivity index (χ0) is 15.2. The van der Waals surface area contributed by atoms with Gasteiger partial charge in [-0.25, -0.2) is 0 Å². The minimum absolute atomic E-state index is 0.0425. The highest BCUT2D eigenvalue weighted by Crippen LogP contribution is 2.20. The second kappa shape index (κ2) is 7.28. The normalized spacial score (nSPS) is 20.5. The number of rotatable bonds is 6. The predicted molar refractivity (Wildman–Crippen MR) is 80.8 cm³/mol. The van der Waals surface area contributed by atoms with Crippen LogP contribution in [0.3, 0.4) is 0 Å². The summed E-state index contributed by atoms with van der Waals surface area (Å²) in [6.07, 6.45) is 2.52. The van der Waals surface area contributed by atoms with Crippen LogP contribution < -0.4 is 15.8 Å². The van der Waals surface area contributed by atoms with Crippen LogP contribution in [0.25, 0.3) is 0 Å². The zero-order valence-electron chi connectivity index (χ0n) is 12.5. The molecule has 1 aliphatic rings. The van der Waals surface area contributed by atoms with Gasteiger partial charge in [0.25, 0.3) is 0 Å². The summed E-state index contributed by atoms with van der Waals surface area (Å²) in [5.74, 6) is 0.627. The van der Waals surface area contributed by atoms with Gasteiger partial charge in [0.15, 0.2) is 5.84 Å². The van der Waals surface area contributed by atoms with Gasteiger partial charge in [0, 0.05) is 19.2 Å². The predicted octanol–water partition coefficient (Wildman–Crippen LogP) is 1.45. The Kier molecular flexibility index (Phi) is 5.41. The summed E-state index contributed by atoms with van der Waals surface area (Å²) < 4.78 is 10.9. The quantitative estimate of drug-likeness (QED) is 0.320. The first-order chi connectivity index (χ1) is 10.2. The van der Waals surface area contributed by atoms with Gasteiger partial charge in [-0.05, 0) is 37.5 Å². The number of methoxy groups -OCH3 is 1. The van der Waals surface area contributed by atoms with Gasteiger partial charge >= 0.3 is 0 Å². The molecule has 6 nitrogen and oxygen atoms in total. The average Bonchev–Trinajstić information content (AvgIpc) is 3.06. The molecule has 4 N–H and O–H groups in total. The van der Waals surface area contributed by atoms with Crippen LogP contribution in [0.5, 0.6) is 5.75 Å². The molecule has 0 aliphatic carbocycles. The summed E-state index contributed by atoms with van der Waals surface area (Å²) in [7, 11) is 1.56. The van der Waals surface area contributed by atoms with Crippen LogP contribution in [0.2, 0.25) is 0 Å². The zero-order valence-corrected chi connectivity index (χ0v) is 12.5. The van der Waals surface area contributed by atoms with Crippen molar-refractivity contribution in [3.05, 3.63) is 29.3 Å². The third-order valence-electron chi connectivity index (χ3n) is 3.80. The Labute approximate surface area is 124 Å². The molecular formula is C15H23N3O3. The maximum absolute atomic E-state index is 8.84. The first-order valence-electron chi connectivity index (χ1n) is 7.15. The van der Waals surface area contributed by atoms with Gasteiger partial charge in [-0.2, -0.15) is 0 Å². The van der Waals surface area contributed by atoms with E-state index in [4.69, 9.17) is 20.4 Å². The highest BCUT2D eigenvalue weighted by molar-refractivity contribution is 5.99. The molecule has 1 aliphatic heterocycles. The fraction of sp³-hybridized carbons (Fsp3) is 0.533. The van der Waals surface area contributed by atoms with Crippen molar-refractivity contribution in [1.82, 2.24) is 5.32 Å². The Morgan fingerprint density at radius 1 is 1.62 bits per heavy atom. The summed E-state index contributed by atoms with van der Waals surface area (Å²) in [5.41, 5.74) is 7.31. The van der Waals surface area contributed by atoms with Crippen LogP contribution in [-0.2, 0) is 11.3 Å². The van der Waals surface area contributed by atoms with Gasteiger partial charge < -0.3 is 25.7 Å². The van der Waals surface area contributed by atoms with Crippen molar-refractivity contribution < 1.29 is 14.7 Å². The lowest BCUT2D eigenvalue weighted by atomic mass is 10.1. The summed E-state index contributed by atoms with van der Waals surface area (Å²) in [6, 6.07) is 5.94. The number of nitrogens with one attached hydrogen (secondary N) is 1. The lowest BCUT2D eigenvalue weighted by molar-refractivity contribution is 0.0832. The van der Waals surface area contributed by atoms with Crippen molar-refractivity contribution in [3.63, 3.8) is 0 Å². The molecule has 1 aromatic carbocycles.